The lowest BCUT2D eigenvalue weighted by Gasteiger charge is -2.26. The molecule has 0 aromatic heterocycles. The number of carboxylic acids is 1. The van der Waals surface area contributed by atoms with Gasteiger partial charge in [-0.2, -0.15) is 0 Å². The molecule has 5 amide bonds. The predicted molar refractivity (Wildman–Crippen MR) is 139 cm³/mol. The predicted octanol–water partition coefficient (Wildman–Crippen LogP) is -2.32. The van der Waals surface area contributed by atoms with Crippen LogP contribution in [0, 0.1) is 5.41 Å². The standard InChI is InChI=1S/C24H37N7O7/c1-24(2,23(37)38)9-17(26-3)8-15-4-6-16(7-5-15)31-22(36)14-30-21(35)13-29-20(34)12-28-19(33)11-27-18(32)10-25/h4-7,17,26H,8-14,25H2,1-3H3,(H,27,32)(H,28,33)(H,29,34)(H,30,35)(H,31,36)(H,37,38). The smallest absolute Gasteiger partial charge is 0.309 e. The number of hydrogen-bond acceptors (Lipinski definition) is 8. The lowest BCUT2D eigenvalue weighted by atomic mass is 9.84. The summed E-state index contributed by atoms with van der Waals surface area (Å²) >= 11 is 0. The quantitative estimate of drug-likeness (QED) is 0.114. The van der Waals surface area contributed by atoms with Crippen molar-refractivity contribution < 1.29 is 33.9 Å². The van der Waals surface area contributed by atoms with Gasteiger partial charge in [0.25, 0.3) is 0 Å². The highest BCUT2D eigenvalue weighted by Gasteiger charge is 2.30. The maximum Gasteiger partial charge on any atom is 0.309 e. The number of aliphatic carboxylic acids is 1. The number of carbonyl (C=O) groups is 6. The SMILES string of the molecule is CNC(Cc1ccc(NC(=O)CNC(=O)CNC(=O)CNC(=O)CNC(=O)CN)cc1)CC(C)(C)C(=O)O. The van der Waals surface area contributed by atoms with Gasteiger partial charge in [-0.25, -0.2) is 0 Å². The van der Waals surface area contributed by atoms with Gasteiger partial charge in [0.2, 0.25) is 29.5 Å². The minimum absolute atomic E-state index is 0.0440. The molecule has 38 heavy (non-hydrogen) atoms. The van der Waals surface area contributed by atoms with Crippen LogP contribution in [-0.4, -0.2) is 86.4 Å². The monoisotopic (exact) mass is 535 g/mol. The Morgan fingerprint density at radius 3 is 1.66 bits per heavy atom. The van der Waals surface area contributed by atoms with Gasteiger partial charge in [-0.1, -0.05) is 12.1 Å². The van der Waals surface area contributed by atoms with Crippen LogP contribution in [0.25, 0.3) is 0 Å². The highest BCUT2D eigenvalue weighted by Crippen LogP contribution is 2.24. The molecule has 0 aliphatic heterocycles. The fourth-order valence-corrected chi connectivity index (χ4v) is 3.17. The Morgan fingerprint density at radius 2 is 1.24 bits per heavy atom. The zero-order chi connectivity index (χ0) is 28.7. The molecule has 0 fully saturated rings. The number of carboxylic acid groups (broad SMARTS) is 1. The molecule has 0 heterocycles. The largest absolute Gasteiger partial charge is 0.481 e. The van der Waals surface area contributed by atoms with E-state index in [1.54, 1.807) is 33.0 Å². The Kier molecular flexibility index (Phi) is 13.4. The summed E-state index contributed by atoms with van der Waals surface area (Å²) in [6.45, 7) is 1.66. The fourth-order valence-electron chi connectivity index (χ4n) is 3.17. The molecule has 1 atom stereocenters. The molecule has 1 aromatic carbocycles. The van der Waals surface area contributed by atoms with Crippen LogP contribution in [0.2, 0.25) is 0 Å². The average Bonchev–Trinajstić information content (AvgIpc) is 2.88. The van der Waals surface area contributed by atoms with E-state index in [4.69, 9.17) is 5.73 Å². The van der Waals surface area contributed by atoms with Crippen LogP contribution in [0.15, 0.2) is 24.3 Å². The first kappa shape index (κ1) is 32.0. The van der Waals surface area contributed by atoms with Gasteiger partial charge < -0.3 is 42.7 Å². The van der Waals surface area contributed by atoms with Crippen molar-refractivity contribution >= 4 is 41.2 Å². The normalized spacial score (nSPS) is 11.6. The maximum atomic E-state index is 12.1. The molecule has 1 aromatic rings. The van der Waals surface area contributed by atoms with Crippen molar-refractivity contribution in [3.63, 3.8) is 0 Å². The Balaban J connectivity index is 2.35. The zero-order valence-corrected chi connectivity index (χ0v) is 21.8. The van der Waals surface area contributed by atoms with Crippen molar-refractivity contribution in [3.05, 3.63) is 29.8 Å². The van der Waals surface area contributed by atoms with Crippen LogP contribution in [0.5, 0.6) is 0 Å². The van der Waals surface area contributed by atoms with E-state index in [0.29, 0.717) is 18.5 Å². The van der Waals surface area contributed by atoms with Gasteiger partial charge >= 0.3 is 5.97 Å². The molecule has 14 heteroatoms. The van der Waals surface area contributed by atoms with Gasteiger partial charge in [0, 0.05) is 11.7 Å². The van der Waals surface area contributed by atoms with E-state index in [1.807, 2.05) is 12.1 Å². The third kappa shape index (κ3) is 12.8. The number of nitrogens with one attached hydrogen (secondary N) is 6. The number of nitrogens with two attached hydrogens (primary N) is 1. The van der Waals surface area contributed by atoms with Crippen LogP contribution in [0.1, 0.15) is 25.8 Å². The minimum Gasteiger partial charge on any atom is -0.481 e. The highest BCUT2D eigenvalue weighted by atomic mass is 16.4. The topological polar surface area (TPSA) is 221 Å². The number of anilines is 1. The molecule has 0 saturated carbocycles. The summed E-state index contributed by atoms with van der Waals surface area (Å²) in [6, 6.07) is 7.03. The van der Waals surface area contributed by atoms with E-state index >= 15 is 0 Å². The van der Waals surface area contributed by atoms with Crippen LogP contribution >= 0.6 is 0 Å². The Bertz CT molecular complexity index is 996. The first-order valence-corrected chi connectivity index (χ1v) is 11.9. The molecular weight excluding hydrogens is 498 g/mol. The third-order valence-electron chi connectivity index (χ3n) is 5.43. The second-order valence-corrected chi connectivity index (χ2v) is 9.14. The van der Waals surface area contributed by atoms with Crippen molar-refractivity contribution in [2.45, 2.75) is 32.7 Å². The van der Waals surface area contributed by atoms with E-state index in [-0.39, 0.29) is 25.7 Å². The Morgan fingerprint density at radius 1 is 0.789 bits per heavy atom. The van der Waals surface area contributed by atoms with Gasteiger partial charge in [-0.3, -0.25) is 28.8 Å². The molecule has 14 nitrogen and oxygen atoms in total. The molecule has 1 rings (SSSR count). The average molecular weight is 536 g/mol. The number of amides is 5. The molecule has 9 N–H and O–H groups in total. The molecule has 0 bridgehead atoms. The van der Waals surface area contributed by atoms with E-state index in [1.165, 1.54) is 0 Å². The third-order valence-corrected chi connectivity index (χ3v) is 5.43. The molecule has 0 aliphatic carbocycles. The summed E-state index contributed by atoms with van der Waals surface area (Å²) < 4.78 is 0. The summed E-state index contributed by atoms with van der Waals surface area (Å²) in [6.07, 6.45) is 1.05. The number of benzene rings is 1. The van der Waals surface area contributed by atoms with E-state index in [0.717, 1.165) is 5.56 Å². The minimum atomic E-state index is -0.866. The molecule has 0 radical (unpaired) electrons. The maximum absolute atomic E-state index is 12.1. The number of hydrogen-bond donors (Lipinski definition) is 8. The molecular formula is C24H37N7O7. The van der Waals surface area contributed by atoms with Gasteiger partial charge in [0.1, 0.15) is 0 Å². The molecule has 1 unspecified atom stereocenters. The second-order valence-electron chi connectivity index (χ2n) is 9.14. The zero-order valence-electron chi connectivity index (χ0n) is 21.8. The van der Waals surface area contributed by atoms with Crippen molar-refractivity contribution in [1.29, 1.82) is 0 Å². The summed E-state index contributed by atoms with van der Waals surface area (Å²) in [7, 11) is 1.78. The molecule has 0 saturated heterocycles. The highest BCUT2D eigenvalue weighted by molar-refractivity contribution is 5.95. The summed E-state index contributed by atoms with van der Waals surface area (Å²) in [5, 5.41) is 24.3. The fraction of sp³-hybridized carbons (Fsp3) is 0.500. The van der Waals surface area contributed by atoms with Crippen molar-refractivity contribution in [1.82, 2.24) is 26.6 Å². The lowest BCUT2D eigenvalue weighted by molar-refractivity contribution is -0.147. The number of likely N-dealkylation sites (N-methyl/N-ethyl adjacent to an activating group) is 1. The van der Waals surface area contributed by atoms with E-state index in [2.05, 4.69) is 31.9 Å². The van der Waals surface area contributed by atoms with Gasteiger partial charge in [-0.05, 0) is 51.4 Å². The molecule has 0 aliphatic rings. The molecule has 0 spiro atoms. The van der Waals surface area contributed by atoms with Crippen LogP contribution in [-0.2, 0) is 35.2 Å². The number of carbonyl (C=O) groups excluding carboxylic acids is 5. The van der Waals surface area contributed by atoms with Crippen molar-refractivity contribution in [3.8, 4) is 0 Å². The van der Waals surface area contributed by atoms with E-state index < -0.39 is 54.0 Å². The summed E-state index contributed by atoms with van der Waals surface area (Å²) in [4.78, 5) is 69.6. The van der Waals surface area contributed by atoms with Crippen LogP contribution in [0.3, 0.4) is 0 Å². The van der Waals surface area contributed by atoms with E-state index in [9.17, 15) is 33.9 Å². The summed E-state index contributed by atoms with van der Waals surface area (Å²) in [5.41, 5.74) is 5.71. The molecule has 210 valence electrons. The Hall–Kier alpha value is -4.04. The van der Waals surface area contributed by atoms with Gasteiger partial charge in [0.05, 0.1) is 38.1 Å². The first-order valence-electron chi connectivity index (χ1n) is 11.9. The second kappa shape index (κ2) is 15.9. The van der Waals surface area contributed by atoms with Gasteiger partial charge in [-0.15, -0.1) is 0 Å². The van der Waals surface area contributed by atoms with Crippen molar-refractivity contribution in [2.24, 2.45) is 11.1 Å². The number of rotatable bonds is 16. The van der Waals surface area contributed by atoms with Crippen LogP contribution < -0.4 is 37.6 Å². The van der Waals surface area contributed by atoms with Crippen LogP contribution in [0.4, 0.5) is 5.69 Å². The lowest BCUT2D eigenvalue weighted by Crippen LogP contribution is -2.45. The van der Waals surface area contributed by atoms with Gasteiger partial charge in [0.15, 0.2) is 0 Å². The Labute approximate surface area is 220 Å². The van der Waals surface area contributed by atoms with Crippen molar-refractivity contribution in [2.75, 3.05) is 45.1 Å². The first-order chi connectivity index (χ1) is 17.9. The summed E-state index contributed by atoms with van der Waals surface area (Å²) in [5.74, 6) is -3.68.